The van der Waals surface area contributed by atoms with Crippen molar-refractivity contribution in [3.63, 3.8) is 0 Å². The highest BCUT2D eigenvalue weighted by atomic mass is 35.5. The molecule has 0 aliphatic heterocycles. The second kappa shape index (κ2) is 5.21. The van der Waals surface area contributed by atoms with E-state index in [-0.39, 0.29) is 16.2 Å². The van der Waals surface area contributed by atoms with Crippen molar-refractivity contribution in [3.05, 3.63) is 32.8 Å². The summed E-state index contributed by atoms with van der Waals surface area (Å²) in [4.78, 5) is 0. The monoisotopic (exact) mass is 314 g/mol. The second-order valence-corrected chi connectivity index (χ2v) is 9.51. The molecular weight excluding hydrogens is 287 g/mol. The van der Waals surface area contributed by atoms with Gasteiger partial charge in [0.05, 0.1) is 10.0 Å². The van der Waals surface area contributed by atoms with Crippen molar-refractivity contribution in [2.75, 3.05) is 0 Å². The van der Waals surface area contributed by atoms with Crippen molar-refractivity contribution in [1.82, 2.24) is 0 Å². The van der Waals surface area contributed by atoms with Crippen molar-refractivity contribution < 1.29 is 0 Å². The maximum absolute atomic E-state index is 6.58. The molecule has 0 fully saturated rings. The highest BCUT2D eigenvalue weighted by molar-refractivity contribution is 6.42. The van der Waals surface area contributed by atoms with Crippen molar-refractivity contribution in [3.8, 4) is 0 Å². The lowest BCUT2D eigenvalue weighted by Crippen LogP contribution is -2.28. The molecule has 0 unspecified atom stereocenters. The van der Waals surface area contributed by atoms with Gasteiger partial charge in [-0.1, -0.05) is 85.5 Å². The van der Waals surface area contributed by atoms with Gasteiger partial charge in [0.1, 0.15) is 0 Å². The van der Waals surface area contributed by atoms with Gasteiger partial charge in [-0.3, -0.25) is 0 Å². The molecule has 20 heavy (non-hydrogen) atoms. The van der Waals surface area contributed by atoms with Crippen molar-refractivity contribution >= 4 is 23.2 Å². The van der Waals surface area contributed by atoms with Gasteiger partial charge in [-0.15, -0.1) is 0 Å². The molecule has 1 aromatic rings. The number of rotatable bonds is 0. The van der Waals surface area contributed by atoms with Crippen molar-refractivity contribution in [2.45, 2.75) is 78.6 Å². The summed E-state index contributed by atoms with van der Waals surface area (Å²) >= 11 is 13.0. The van der Waals surface area contributed by atoms with Gasteiger partial charge >= 0.3 is 0 Å². The molecule has 0 atom stereocenters. The Hall–Kier alpha value is -0.200. The highest BCUT2D eigenvalue weighted by Gasteiger charge is 2.34. The van der Waals surface area contributed by atoms with E-state index < -0.39 is 0 Å². The highest BCUT2D eigenvalue weighted by Crippen LogP contribution is 2.46. The number of halogens is 2. The lowest BCUT2D eigenvalue weighted by molar-refractivity contribution is 0.498. The maximum Gasteiger partial charge on any atom is 0.0632 e. The Morgan fingerprint density at radius 3 is 1.35 bits per heavy atom. The molecule has 1 rings (SSSR count). The molecule has 0 radical (unpaired) electrons. The van der Waals surface area contributed by atoms with Crippen LogP contribution >= 0.6 is 23.2 Å². The normalized spacial score (nSPS) is 13.8. The van der Waals surface area contributed by atoms with Crippen LogP contribution in [0.25, 0.3) is 0 Å². The van der Waals surface area contributed by atoms with E-state index in [1.54, 1.807) is 0 Å². The molecule has 0 saturated heterocycles. The summed E-state index contributed by atoms with van der Waals surface area (Å²) in [6.07, 6.45) is 0. The van der Waals surface area contributed by atoms with E-state index in [1.165, 1.54) is 16.7 Å². The fraction of sp³-hybridized carbons (Fsp3) is 0.667. The van der Waals surface area contributed by atoms with Crippen LogP contribution in [0, 0.1) is 0 Å². The van der Waals surface area contributed by atoms with E-state index in [1.807, 2.05) is 0 Å². The Labute approximate surface area is 134 Å². The first-order chi connectivity index (χ1) is 8.67. The molecule has 0 nitrogen and oxygen atoms in total. The summed E-state index contributed by atoms with van der Waals surface area (Å²) in [5.74, 6) is 0. The molecule has 0 amide bonds. The standard InChI is InChI=1S/C18H28Cl2/c1-16(2,3)11-10-12(19)15(20)14(18(7,8)9)13(11)17(4,5)6/h10H,1-9H3. The van der Waals surface area contributed by atoms with E-state index in [9.17, 15) is 0 Å². The van der Waals surface area contributed by atoms with Crippen LogP contribution in [0.2, 0.25) is 10.0 Å². The fourth-order valence-electron chi connectivity index (χ4n) is 2.70. The predicted molar refractivity (Wildman–Crippen MR) is 92.6 cm³/mol. The fourth-order valence-corrected chi connectivity index (χ4v) is 3.34. The van der Waals surface area contributed by atoms with E-state index in [0.717, 1.165) is 0 Å². The molecule has 0 aromatic heterocycles. The van der Waals surface area contributed by atoms with Crippen LogP contribution in [0.3, 0.4) is 0 Å². The summed E-state index contributed by atoms with van der Waals surface area (Å²) in [5, 5.41) is 1.37. The van der Waals surface area contributed by atoms with Gasteiger partial charge in [0.15, 0.2) is 0 Å². The first kappa shape index (κ1) is 17.9. The second-order valence-electron chi connectivity index (χ2n) is 8.72. The molecule has 2 heteroatoms. The lowest BCUT2D eigenvalue weighted by atomic mass is 9.69. The molecule has 0 spiro atoms. The first-order valence-electron chi connectivity index (χ1n) is 7.21. The smallest absolute Gasteiger partial charge is 0.0632 e. The molecule has 114 valence electrons. The van der Waals surface area contributed by atoms with E-state index in [0.29, 0.717) is 10.0 Å². The zero-order valence-electron chi connectivity index (χ0n) is 14.3. The summed E-state index contributed by atoms with van der Waals surface area (Å²) in [6.45, 7) is 20.0. The van der Waals surface area contributed by atoms with E-state index >= 15 is 0 Å². The number of hydrogen-bond donors (Lipinski definition) is 0. The molecule has 0 N–H and O–H groups in total. The number of benzene rings is 1. The Balaban J connectivity index is 3.96. The van der Waals surface area contributed by atoms with Crippen molar-refractivity contribution in [2.24, 2.45) is 0 Å². The summed E-state index contributed by atoms with van der Waals surface area (Å²) in [7, 11) is 0. The van der Waals surface area contributed by atoms with Gasteiger partial charge in [-0.25, -0.2) is 0 Å². The quantitative estimate of drug-likeness (QED) is 0.489. The molecule has 0 heterocycles. The largest absolute Gasteiger partial charge is 0.0827 e. The van der Waals surface area contributed by atoms with Crippen LogP contribution in [0.1, 0.15) is 79.0 Å². The topological polar surface area (TPSA) is 0 Å². The third-order valence-electron chi connectivity index (χ3n) is 3.53. The average Bonchev–Trinajstić information content (AvgIpc) is 2.15. The minimum atomic E-state index is -0.0371. The Bertz CT molecular complexity index is 506. The average molecular weight is 315 g/mol. The SMILES string of the molecule is CC(C)(C)c1cc(Cl)c(Cl)c(C(C)(C)C)c1C(C)(C)C. The Morgan fingerprint density at radius 2 is 1.05 bits per heavy atom. The molecule has 0 saturated carbocycles. The number of hydrogen-bond acceptors (Lipinski definition) is 0. The van der Waals surface area contributed by atoms with Crippen LogP contribution in [0.4, 0.5) is 0 Å². The van der Waals surface area contributed by atoms with Crippen molar-refractivity contribution in [1.29, 1.82) is 0 Å². The predicted octanol–water partition coefficient (Wildman–Crippen LogP) is 6.89. The van der Waals surface area contributed by atoms with Gasteiger partial charge in [-0.2, -0.15) is 0 Å². The van der Waals surface area contributed by atoms with Gasteiger partial charge in [0.2, 0.25) is 0 Å². The summed E-state index contributed by atoms with van der Waals surface area (Å²) < 4.78 is 0. The van der Waals surface area contributed by atoms with Gasteiger partial charge in [0, 0.05) is 0 Å². The van der Waals surface area contributed by atoms with Crippen LogP contribution in [-0.2, 0) is 16.2 Å². The zero-order valence-corrected chi connectivity index (χ0v) is 15.8. The summed E-state index contributed by atoms with van der Waals surface area (Å²) in [6, 6.07) is 2.06. The minimum absolute atomic E-state index is 0.0272. The maximum atomic E-state index is 6.58. The van der Waals surface area contributed by atoms with Crippen LogP contribution in [0.15, 0.2) is 6.07 Å². The molecule has 0 bridgehead atoms. The van der Waals surface area contributed by atoms with Gasteiger partial charge in [0.25, 0.3) is 0 Å². The third kappa shape index (κ3) is 3.52. The minimum Gasteiger partial charge on any atom is -0.0827 e. The molecular formula is C18H28Cl2. The van der Waals surface area contributed by atoms with Gasteiger partial charge < -0.3 is 0 Å². The van der Waals surface area contributed by atoms with E-state index in [2.05, 4.69) is 68.4 Å². The molecule has 0 aliphatic rings. The lowest BCUT2D eigenvalue weighted by Gasteiger charge is -2.37. The summed E-state index contributed by atoms with van der Waals surface area (Å²) in [5.41, 5.74) is 3.85. The zero-order chi connectivity index (χ0) is 16.1. The molecule has 0 aliphatic carbocycles. The Morgan fingerprint density at radius 1 is 0.650 bits per heavy atom. The van der Waals surface area contributed by atoms with Gasteiger partial charge in [-0.05, 0) is 39.0 Å². The Kier molecular flexibility index (Phi) is 4.65. The van der Waals surface area contributed by atoms with Crippen LogP contribution in [0.5, 0.6) is 0 Å². The third-order valence-corrected chi connectivity index (χ3v) is 4.31. The molecule has 1 aromatic carbocycles. The van der Waals surface area contributed by atoms with Crippen LogP contribution < -0.4 is 0 Å². The van der Waals surface area contributed by atoms with Crippen LogP contribution in [-0.4, -0.2) is 0 Å². The van der Waals surface area contributed by atoms with E-state index in [4.69, 9.17) is 23.2 Å². The first-order valence-corrected chi connectivity index (χ1v) is 7.96.